The molecule has 2 heterocycles. The Morgan fingerprint density at radius 3 is 2.38 bits per heavy atom. The molecule has 0 aliphatic heterocycles. The molecule has 1 saturated carbocycles. The third-order valence-electron chi connectivity index (χ3n) is 6.58. The molecule has 2 aromatic heterocycles. The van der Waals surface area contributed by atoms with Gasteiger partial charge in [-0.1, -0.05) is 18.2 Å². The number of nitrogens with zero attached hydrogens (tertiary/aromatic N) is 3. The molecule has 0 saturated heterocycles. The number of ether oxygens (including phenoxy) is 1. The fourth-order valence-corrected chi connectivity index (χ4v) is 4.84. The molecule has 15 heteroatoms. The Bertz CT molecular complexity index is 1590. The Balaban J connectivity index is 1.44. The Morgan fingerprint density at radius 1 is 1.07 bits per heavy atom. The van der Waals surface area contributed by atoms with Gasteiger partial charge < -0.3 is 15.4 Å². The van der Waals surface area contributed by atoms with Crippen molar-refractivity contribution in [2.24, 2.45) is 5.14 Å². The van der Waals surface area contributed by atoms with Gasteiger partial charge in [-0.15, -0.1) is 0 Å². The molecule has 3 aromatic rings. The smallest absolute Gasteiger partial charge is 0.411 e. The van der Waals surface area contributed by atoms with Crippen LogP contribution in [-0.2, 0) is 10.0 Å². The first-order valence-electron chi connectivity index (χ1n) is 12.0. The standard InChI is InChI=1S/C25H23F5N6O3S/c26-22(27)39-16-5-3-15(4-6-16)18-9-10-19-20(33-18)21(36-24(11-12-24)25(28,29)30)35-23(34-19)32-13-14-1-7-17(8-2-14)40(31,37)38/h1-7,9-10,17,22H,8,11-13H2,(H2,31,37,38)(H2,32,34,35,36). The first-order chi connectivity index (χ1) is 18.8. The lowest BCUT2D eigenvalue weighted by Crippen LogP contribution is -2.39. The molecule has 0 amide bonds. The molecule has 0 spiro atoms. The average Bonchev–Trinajstić information content (AvgIpc) is 3.68. The van der Waals surface area contributed by atoms with Crippen LogP contribution in [0.15, 0.2) is 60.2 Å². The van der Waals surface area contributed by atoms with Crippen LogP contribution in [0.4, 0.5) is 33.7 Å². The quantitative estimate of drug-likeness (QED) is 0.308. The van der Waals surface area contributed by atoms with E-state index in [1.165, 1.54) is 30.3 Å². The number of nitrogens with one attached hydrogen (secondary N) is 2. The maximum absolute atomic E-state index is 13.8. The molecule has 2 aliphatic rings. The van der Waals surface area contributed by atoms with Crippen LogP contribution in [0.25, 0.3) is 22.3 Å². The first kappa shape index (κ1) is 27.7. The molecule has 1 unspecified atom stereocenters. The molecule has 212 valence electrons. The highest BCUT2D eigenvalue weighted by molar-refractivity contribution is 7.89. The number of benzene rings is 1. The number of aromatic nitrogens is 3. The molecule has 2 aliphatic carbocycles. The van der Waals surface area contributed by atoms with Crippen LogP contribution in [0.3, 0.4) is 0 Å². The topological polar surface area (TPSA) is 132 Å². The number of hydrogen-bond acceptors (Lipinski definition) is 8. The largest absolute Gasteiger partial charge is 0.435 e. The number of primary sulfonamides is 1. The number of alkyl halides is 5. The summed E-state index contributed by atoms with van der Waals surface area (Å²) in [6.07, 6.45) is 0.175. The summed E-state index contributed by atoms with van der Waals surface area (Å²) in [4.78, 5) is 13.2. The third kappa shape index (κ3) is 5.99. The summed E-state index contributed by atoms with van der Waals surface area (Å²) < 4.78 is 93.7. The van der Waals surface area contributed by atoms with E-state index < -0.39 is 33.6 Å². The highest BCUT2D eigenvalue weighted by atomic mass is 32.2. The molecule has 40 heavy (non-hydrogen) atoms. The van der Waals surface area contributed by atoms with Crippen LogP contribution in [0.1, 0.15) is 19.3 Å². The second kappa shape index (κ2) is 10.3. The number of pyridine rings is 1. The molecular formula is C25H23F5N6O3S. The van der Waals surface area contributed by atoms with Gasteiger partial charge in [0.2, 0.25) is 16.0 Å². The van der Waals surface area contributed by atoms with Crippen LogP contribution < -0.4 is 20.5 Å². The van der Waals surface area contributed by atoms with Gasteiger partial charge in [-0.2, -0.15) is 26.9 Å². The highest BCUT2D eigenvalue weighted by Crippen LogP contribution is 2.51. The van der Waals surface area contributed by atoms with Crippen LogP contribution in [0, 0.1) is 0 Å². The number of anilines is 2. The van der Waals surface area contributed by atoms with Crippen LogP contribution in [-0.4, -0.2) is 53.5 Å². The maximum atomic E-state index is 13.8. The Kier molecular flexibility index (Phi) is 7.12. The minimum Gasteiger partial charge on any atom is -0.435 e. The van der Waals surface area contributed by atoms with Gasteiger partial charge in [0.25, 0.3) is 0 Å². The van der Waals surface area contributed by atoms with E-state index in [4.69, 9.17) is 5.14 Å². The minimum absolute atomic E-state index is 0.0406. The number of hydrogen-bond donors (Lipinski definition) is 3. The lowest BCUT2D eigenvalue weighted by atomic mass is 10.1. The van der Waals surface area contributed by atoms with E-state index in [2.05, 4.69) is 30.3 Å². The van der Waals surface area contributed by atoms with Gasteiger partial charge in [0.05, 0.1) is 16.5 Å². The van der Waals surface area contributed by atoms with E-state index in [-0.39, 0.29) is 54.4 Å². The molecule has 1 aromatic carbocycles. The monoisotopic (exact) mass is 582 g/mol. The Hall–Kier alpha value is -3.85. The van der Waals surface area contributed by atoms with Crippen molar-refractivity contribution >= 4 is 32.8 Å². The Morgan fingerprint density at radius 2 is 1.80 bits per heavy atom. The summed E-state index contributed by atoms with van der Waals surface area (Å²) >= 11 is 0. The number of sulfonamides is 1. The van der Waals surface area contributed by atoms with Gasteiger partial charge in [-0.05, 0) is 61.2 Å². The van der Waals surface area contributed by atoms with Crippen molar-refractivity contribution in [3.8, 4) is 17.0 Å². The predicted molar refractivity (Wildman–Crippen MR) is 138 cm³/mol. The fourth-order valence-electron chi connectivity index (χ4n) is 4.18. The summed E-state index contributed by atoms with van der Waals surface area (Å²) in [6.45, 7) is -2.80. The van der Waals surface area contributed by atoms with Gasteiger partial charge in [-0.25, -0.2) is 23.5 Å². The zero-order valence-corrected chi connectivity index (χ0v) is 21.4. The first-order valence-corrected chi connectivity index (χ1v) is 13.7. The van der Waals surface area contributed by atoms with Gasteiger partial charge in [0, 0.05) is 12.1 Å². The van der Waals surface area contributed by atoms with Crippen molar-refractivity contribution in [3.05, 3.63) is 60.2 Å². The van der Waals surface area contributed by atoms with Crippen LogP contribution in [0.2, 0.25) is 0 Å². The summed E-state index contributed by atoms with van der Waals surface area (Å²) in [5, 5.41) is 9.85. The normalized spacial score (nSPS) is 18.5. The predicted octanol–water partition coefficient (Wildman–Crippen LogP) is 4.76. The van der Waals surface area contributed by atoms with E-state index in [9.17, 15) is 30.4 Å². The number of halogens is 5. The molecule has 0 bridgehead atoms. The lowest BCUT2D eigenvalue weighted by Gasteiger charge is -2.22. The van der Waals surface area contributed by atoms with Crippen molar-refractivity contribution in [2.75, 3.05) is 17.2 Å². The van der Waals surface area contributed by atoms with Crippen molar-refractivity contribution in [2.45, 2.75) is 42.8 Å². The third-order valence-corrected chi connectivity index (χ3v) is 7.77. The second-order valence-electron chi connectivity index (χ2n) is 9.42. The highest BCUT2D eigenvalue weighted by Gasteiger charge is 2.64. The molecular weight excluding hydrogens is 559 g/mol. The van der Waals surface area contributed by atoms with Gasteiger partial charge in [0.1, 0.15) is 16.8 Å². The molecule has 1 atom stereocenters. The van der Waals surface area contributed by atoms with Crippen molar-refractivity contribution < 1.29 is 35.1 Å². The molecule has 4 N–H and O–H groups in total. The van der Waals surface area contributed by atoms with E-state index in [0.717, 1.165) is 5.57 Å². The zero-order valence-electron chi connectivity index (χ0n) is 20.6. The lowest BCUT2D eigenvalue weighted by molar-refractivity contribution is -0.151. The van der Waals surface area contributed by atoms with E-state index in [1.54, 1.807) is 24.3 Å². The number of fused-ring (bicyclic) bond motifs is 1. The SMILES string of the molecule is NS(=O)(=O)C1C=CC(CNc2nc(NC3(C(F)(F)F)CC3)c3nc(-c4ccc(OC(F)F)cc4)ccc3n2)=CC1. The van der Waals surface area contributed by atoms with Gasteiger partial charge in [0.15, 0.2) is 5.82 Å². The van der Waals surface area contributed by atoms with E-state index in [0.29, 0.717) is 11.3 Å². The minimum atomic E-state index is -4.52. The number of rotatable bonds is 9. The van der Waals surface area contributed by atoms with E-state index in [1.807, 2.05) is 0 Å². The number of nitrogens with two attached hydrogens (primary N) is 1. The average molecular weight is 583 g/mol. The maximum Gasteiger partial charge on any atom is 0.411 e. The molecule has 5 rings (SSSR count). The summed E-state index contributed by atoms with van der Waals surface area (Å²) in [5.41, 5.74) is -0.167. The molecule has 1 fully saturated rings. The van der Waals surface area contributed by atoms with Crippen LogP contribution >= 0.6 is 0 Å². The molecule has 0 radical (unpaired) electrons. The molecule has 9 nitrogen and oxygen atoms in total. The summed E-state index contributed by atoms with van der Waals surface area (Å²) in [5.74, 6) is -0.131. The summed E-state index contributed by atoms with van der Waals surface area (Å²) in [6, 6.07) is 8.83. The van der Waals surface area contributed by atoms with Crippen molar-refractivity contribution in [1.29, 1.82) is 0 Å². The van der Waals surface area contributed by atoms with Gasteiger partial charge in [-0.3, -0.25) is 0 Å². The van der Waals surface area contributed by atoms with Gasteiger partial charge >= 0.3 is 12.8 Å². The second-order valence-corrected chi connectivity index (χ2v) is 11.2. The fraction of sp³-hybridized carbons (Fsp3) is 0.320. The van der Waals surface area contributed by atoms with Crippen molar-refractivity contribution in [3.63, 3.8) is 0 Å². The van der Waals surface area contributed by atoms with E-state index >= 15 is 0 Å². The zero-order chi connectivity index (χ0) is 28.7. The van der Waals surface area contributed by atoms with Crippen LogP contribution in [0.5, 0.6) is 5.75 Å². The van der Waals surface area contributed by atoms with Crippen molar-refractivity contribution in [1.82, 2.24) is 15.0 Å². The Labute approximate surface area is 225 Å². The number of allylic oxidation sites excluding steroid dienone is 1. The summed E-state index contributed by atoms with van der Waals surface area (Å²) in [7, 11) is -3.72.